The molecule has 0 bridgehead atoms. The average molecular weight is 454 g/mol. The number of nitrogens with zero attached hydrogens (tertiary/aromatic N) is 5. The number of alkyl halides is 3. The summed E-state index contributed by atoms with van der Waals surface area (Å²) in [4.78, 5) is 28.2. The Hall–Kier alpha value is -3.87. The molecule has 0 aliphatic carbocycles. The van der Waals surface area contributed by atoms with Gasteiger partial charge in [0.05, 0.1) is 29.5 Å². The molecule has 33 heavy (non-hydrogen) atoms. The number of halogens is 3. The van der Waals surface area contributed by atoms with Crippen molar-refractivity contribution in [3.63, 3.8) is 0 Å². The number of amides is 2. The molecule has 1 aliphatic heterocycles. The minimum Gasteiger partial charge on any atom is -0.365 e. The molecule has 1 N–H and O–H groups in total. The Labute approximate surface area is 188 Å². The number of pyridine rings is 2. The molecular weight excluding hydrogens is 433 g/mol. The summed E-state index contributed by atoms with van der Waals surface area (Å²) >= 11 is 0. The lowest BCUT2D eigenvalue weighted by atomic mass is 10.0. The zero-order valence-corrected chi connectivity index (χ0v) is 18.0. The maximum Gasteiger partial charge on any atom is 0.418 e. The van der Waals surface area contributed by atoms with Crippen LogP contribution in [0, 0.1) is 6.57 Å². The molecule has 7 nitrogen and oxygen atoms in total. The number of nitrogens with one attached hydrogen (secondary N) is 1. The summed E-state index contributed by atoms with van der Waals surface area (Å²) < 4.78 is 39.8. The van der Waals surface area contributed by atoms with Crippen molar-refractivity contribution >= 4 is 34.0 Å². The fourth-order valence-corrected chi connectivity index (χ4v) is 4.16. The molecule has 4 rings (SSSR count). The maximum atomic E-state index is 13.3. The summed E-state index contributed by atoms with van der Waals surface area (Å²) in [5.41, 5.74) is 0.663. The number of rotatable bonds is 2. The molecule has 3 aromatic rings. The van der Waals surface area contributed by atoms with E-state index in [-0.39, 0.29) is 17.8 Å². The number of urea groups is 1. The number of benzene rings is 1. The molecule has 2 amide bonds. The first kappa shape index (κ1) is 22.3. The van der Waals surface area contributed by atoms with E-state index < -0.39 is 17.8 Å². The van der Waals surface area contributed by atoms with Crippen molar-refractivity contribution in [2.75, 3.05) is 23.3 Å². The van der Waals surface area contributed by atoms with Crippen molar-refractivity contribution < 1.29 is 18.0 Å². The minimum absolute atomic E-state index is 0.120. The van der Waals surface area contributed by atoms with Gasteiger partial charge >= 0.3 is 12.2 Å². The summed E-state index contributed by atoms with van der Waals surface area (Å²) in [5.74, 6) is 0. The fourth-order valence-electron chi connectivity index (χ4n) is 4.16. The first-order valence-corrected chi connectivity index (χ1v) is 10.3. The number of fused-ring (bicyclic) bond motifs is 1. The molecule has 0 unspecified atom stereocenters. The predicted octanol–water partition coefficient (Wildman–Crippen LogP) is 5.33. The quantitative estimate of drug-likeness (QED) is 0.532. The van der Waals surface area contributed by atoms with Crippen molar-refractivity contribution in [3.8, 4) is 0 Å². The molecule has 3 heterocycles. The highest BCUT2D eigenvalue weighted by atomic mass is 19.4. The summed E-state index contributed by atoms with van der Waals surface area (Å²) in [6, 6.07) is 7.15. The highest BCUT2D eigenvalue weighted by molar-refractivity contribution is 6.00. The normalized spacial score (nSPS) is 18.8. The number of hydrogen-bond donors (Lipinski definition) is 1. The van der Waals surface area contributed by atoms with Crippen LogP contribution in [0.15, 0.2) is 48.9 Å². The summed E-state index contributed by atoms with van der Waals surface area (Å²) in [6.07, 6.45) is -0.915. The van der Waals surface area contributed by atoms with Crippen LogP contribution in [0.5, 0.6) is 0 Å². The summed E-state index contributed by atoms with van der Waals surface area (Å²) in [5, 5.41) is 3.22. The van der Waals surface area contributed by atoms with Crippen LogP contribution in [0.4, 0.5) is 35.0 Å². The van der Waals surface area contributed by atoms with Gasteiger partial charge in [0.1, 0.15) is 0 Å². The van der Waals surface area contributed by atoms with Gasteiger partial charge in [-0.3, -0.25) is 9.97 Å². The number of carbonyl (C=O) groups is 1. The number of aromatic nitrogens is 2. The molecule has 1 saturated heterocycles. The largest absolute Gasteiger partial charge is 0.418 e. The molecule has 0 radical (unpaired) electrons. The number of anilines is 2. The maximum absolute atomic E-state index is 13.3. The third-order valence-corrected chi connectivity index (χ3v) is 5.77. The highest BCUT2D eigenvalue weighted by Crippen LogP contribution is 2.36. The Morgan fingerprint density at radius 2 is 1.94 bits per heavy atom. The van der Waals surface area contributed by atoms with Crippen molar-refractivity contribution in [2.24, 2.45) is 0 Å². The lowest BCUT2D eigenvalue weighted by Gasteiger charge is -2.45. The lowest BCUT2D eigenvalue weighted by Crippen LogP contribution is -2.59. The molecule has 1 fully saturated rings. The molecule has 0 saturated carbocycles. The van der Waals surface area contributed by atoms with Crippen LogP contribution in [0.25, 0.3) is 15.7 Å². The van der Waals surface area contributed by atoms with Gasteiger partial charge in [0.2, 0.25) is 5.69 Å². The third kappa shape index (κ3) is 4.26. The Morgan fingerprint density at radius 3 is 2.67 bits per heavy atom. The van der Waals surface area contributed by atoms with Crippen molar-refractivity contribution in [3.05, 3.63) is 65.9 Å². The highest BCUT2D eigenvalue weighted by Gasteiger charge is 2.36. The van der Waals surface area contributed by atoms with E-state index in [1.54, 1.807) is 12.3 Å². The Balaban J connectivity index is 1.57. The van der Waals surface area contributed by atoms with Gasteiger partial charge in [-0.05, 0) is 32.0 Å². The van der Waals surface area contributed by atoms with Crippen LogP contribution in [-0.2, 0) is 6.18 Å². The van der Waals surface area contributed by atoms with Crippen molar-refractivity contribution in [1.82, 2.24) is 14.9 Å². The zero-order chi connectivity index (χ0) is 23.8. The molecular formula is C23H21F3N6O. The van der Waals surface area contributed by atoms with Gasteiger partial charge in [-0.2, -0.15) is 13.2 Å². The Morgan fingerprint density at radius 1 is 1.15 bits per heavy atom. The first-order valence-electron chi connectivity index (χ1n) is 10.3. The second kappa shape index (κ2) is 8.58. The third-order valence-electron chi connectivity index (χ3n) is 5.77. The van der Waals surface area contributed by atoms with Crippen LogP contribution in [0.1, 0.15) is 19.4 Å². The monoisotopic (exact) mass is 454 g/mol. The van der Waals surface area contributed by atoms with Crippen LogP contribution in [0.2, 0.25) is 0 Å². The topological polar surface area (TPSA) is 65.7 Å². The molecule has 1 aromatic carbocycles. The average Bonchev–Trinajstić information content (AvgIpc) is 2.79. The van der Waals surface area contributed by atoms with Crippen LogP contribution < -0.4 is 10.2 Å². The van der Waals surface area contributed by atoms with Crippen molar-refractivity contribution in [1.29, 1.82) is 0 Å². The number of carbonyl (C=O) groups excluding carboxylic acids is 1. The van der Waals surface area contributed by atoms with E-state index in [4.69, 9.17) is 6.57 Å². The Kier molecular flexibility index (Phi) is 5.80. The van der Waals surface area contributed by atoms with Gasteiger partial charge in [0, 0.05) is 48.6 Å². The smallest absolute Gasteiger partial charge is 0.365 e. The SMILES string of the molecule is [C-]#[N+]c1ccc(N2C[C@@H](C)N(C(=O)Nc3cnccc3C(F)(F)F)C[C@@H]2C)c2cccnc12. The number of piperazine rings is 1. The van der Waals surface area contributed by atoms with Gasteiger partial charge < -0.3 is 15.1 Å². The predicted molar refractivity (Wildman–Crippen MR) is 119 cm³/mol. The van der Waals surface area contributed by atoms with Gasteiger partial charge in [-0.15, -0.1) is 0 Å². The number of hydrogen-bond acceptors (Lipinski definition) is 4. The first-order chi connectivity index (χ1) is 15.7. The van der Waals surface area contributed by atoms with E-state index in [0.717, 1.165) is 29.5 Å². The second-order valence-electron chi connectivity index (χ2n) is 7.97. The van der Waals surface area contributed by atoms with E-state index in [1.165, 1.54) is 4.90 Å². The van der Waals surface area contributed by atoms with E-state index in [2.05, 4.69) is 25.0 Å². The lowest BCUT2D eigenvalue weighted by molar-refractivity contribution is -0.137. The van der Waals surface area contributed by atoms with Gasteiger partial charge in [0.15, 0.2) is 0 Å². The van der Waals surface area contributed by atoms with Crippen molar-refractivity contribution in [2.45, 2.75) is 32.1 Å². The molecule has 2 atom stereocenters. The molecule has 0 spiro atoms. The molecule has 2 aromatic heterocycles. The molecule has 1 aliphatic rings. The van der Waals surface area contributed by atoms with Crippen LogP contribution in [-0.4, -0.2) is 46.1 Å². The van der Waals surface area contributed by atoms with E-state index in [9.17, 15) is 18.0 Å². The fraction of sp³-hybridized carbons (Fsp3) is 0.304. The zero-order valence-electron chi connectivity index (χ0n) is 18.0. The minimum atomic E-state index is -4.60. The standard InChI is InChI=1S/C23H21F3N6O/c1-14-13-32(22(33)30-19-11-28-10-8-17(19)23(24,25)26)15(2)12-31(14)20-7-6-18(27-3)21-16(20)5-4-9-29-21/h4-11,14-15H,12-13H2,1-2H3,(H,30,33)/t14-,15+/m0/s1. The molecule has 10 heteroatoms. The van der Waals surface area contributed by atoms with Gasteiger partial charge in [0.25, 0.3) is 0 Å². The van der Waals surface area contributed by atoms with Gasteiger partial charge in [-0.1, -0.05) is 12.1 Å². The summed E-state index contributed by atoms with van der Waals surface area (Å²) in [7, 11) is 0. The van der Waals surface area contributed by atoms with E-state index in [0.29, 0.717) is 24.3 Å². The second-order valence-corrected chi connectivity index (χ2v) is 7.97. The van der Waals surface area contributed by atoms with E-state index in [1.807, 2.05) is 32.0 Å². The van der Waals surface area contributed by atoms with Gasteiger partial charge in [-0.25, -0.2) is 9.64 Å². The summed E-state index contributed by atoms with van der Waals surface area (Å²) in [6.45, 7) is 11.9. The van der Waals surface area contributed by atoms with E-state index >= 15 is 0 Å². The Bertz CT molecular complexity index is 1240. The van der Waals surface area contributed by atoms with Crippen LogP contribution >= 0.6 is 0 Å². The van der Waals surface area contributed by atoms with Crippen LogP contribution in [0.3, 0.4) is 0 Å². The molecule has 170 valence electrons.